The largest absolute Gasteiger partial charge is 0.481 e. The van der Waals surface area contributed by atoms with Crippen molar-refractivity contribution in [2.24, 2.45) is 5.73 Å². The maximum atomic E-state index is 13.7. The van der Waals surface area contributed by atoms with Crippen LogP contribution in [0.5, 0.6) is 0 Å². The van der Waals surface area contributed by atoms with Crippen LogP contribution in [0.2, 0.25) is 5.02 Å². The average molecular weight is 286 g/mol. The molecule has 19 heavy (non-hydrogen) atoms. The molecule has 0 saturated heterocycles. The lowest BCUT2D eigenvalue weighted by molar-refractivity contribution is -0.137. The van der Waals surface area contributed by atoms with Gasteiger partial charge in [0.05, 0.1) is 23.0 Å². The van der Waals surface area contributed by atoms with Gasteiger partial charge in [-0.05, 0) is 12.1 Å². The molecule has 1 aromatic carbocycles. The first kappa shape index (κ1) is 13.4. The fraction of sp³-hybridized carbons (Fsp3) is 0.182. The van der Waals surface area contributed by atoms with Crippen LogP contribution in [0.4, 0.5) is 4.39 Å². The van der Waals surface area contributed by atoms with Crippen LogP contribution in [0, 0.1) is 5.82 Å². The van der Waals surface area contributed by atoms with Gasteiger partial charge in [0.15, 0.2) is 5.82 Å². The molecular formula is C11H9ClFN3O3. The number of hydrogen-bond acceptors (Lipinski definition) is 5. The van der Waals surface area contributed by atoms with Crippen molar-refractivity contribution in [1.82, 2.24) is 10.1 Å². The minimum absolute atomic E-state index is 0.0316. The Hall–Kier alpha value is -1.99. The fourth-order valence-corrected chi connectivity index (χ4v) is 1.62. The molecule has 100 valence electrons. The van der Waals surface area contributed by atoms with Gasteiger partial charge in [-0.25, -0.2) is 4.39 Å². The van der Waals surface area contributed by atoms with Gasteiger partial charge in [0.25, 0.3) is 0 Å². The van der Waals surface area contributed by atoms with Crippen LogP contribution >= 0.6 is 11.6 Å². The lowest BCUT2D eigenvalue weighted by atomic mass is 10.2. The Morgan fingerprint density at radius 3 is 3.00 bits per heavy atom. The maximum Gasteiger partial charge on any atom is 0.305 e. The Bertz CT molecular complexity index is 617. The highest BCUT2D eigenvalue weighted by Crippen LogP contribution is 2.26. The maximum absolute atomic E-state index is 13.7. The average Bonchev–Trinajstić information content (AvgIpc) is 2.81. The summed E-state index contributed by atoms with van der Waals surface area (Å²) in [6.07, 6.45) is -0.361. The number of carbonyl (C=O) groups is 1. The van der Waals surface area contributed by atoms with Gasteiger partial charge in [-0.2, -0.15) is 4.98 Å². The normalized spacial score (nSPS) is 12.4. The van der Waals surface area contributed by atoms with Crippen LogP contribution in [0.1, 0.15) is 18.4 Å². The van der Waals surface area contributed by atoms with Gasteiger partial charge in [-0.3, -0.25) is 4.79 Å². The number of benzene rings is 1. The van der Waals surface area contributed by atoms with E-state index in [0.717, 1.165) is 0 Å². The molecule has 0 bridgehead atoms. The molecule has 0 fully saturated rings. The highest BCUT2D eigenvalue weighted by atomic mass is 35.5. The van der Waals surface area contributed by atoms with Gasteiger partial charge in [-0.1, -0.05) is 22.8 Å². The molecular weight excluding hydrogens is 277 g/mol. The Balaban J connectivity index is 2.30. The van der Waals surface area contributed by atoms with E-state index < -0.39 is 17.8 Å². The van der Waals surface area contributed by atoms with Crippen molar-refractivity contribution in [3.05, 3.63) is 34.9 Å². The molecule has 3 N–H and O–H groups in total. The molecule has 0 radical (unpaired) electrons. The zero-order valence-corrected chi connectivity index (χ0v) is 10.3. The molecule has 0 saturated carbocycles. The van der Waals surface area contributed by atoms with Crippen molar-refractivity contribution in [3.8, 4) is 11.4 Å². The van der Waals surface area contributed by atoms with Crippen LogP contribution in [0.3, 0.4) is 0 Å². The van der Waals surface area contributed by atoms with Crippen molar-refractivity contribution in [2.75, 3.05) is 0 Å². The van der Waals surface area contributed by atoms with Crippen molar-refractivity contribution >= 4 is 17.6 Å². The highest BCUT2D eigenvalue weighted by molar-refractivity contribution is 6.31. The first-order valence-corrected chi connectivity index (χ1v) is 5.62. The lowest BCUT2D eigenvalue weighted by Crippen LogP contribution is -2.15. The van der Waals surface area contributed by atoms with Crippen LogP contribution < -0.4 is 5.73 Å². The van der Waals surface area contributed by atoms with E-state index in [9.17, 15) is 9.18 Å². The van der Waals surface area contributed by atoms with Crippen molar-refractivity contribution in [2.45, 2.75) is 12.5 Å². The van der Waals surface area contributed by atoms with E-state index in [0.29, 0.717) is 0 Å². The molecule has 6 nitrogen and oxygen atoms in total. The first-order valence-electron chi connectivity index (χ1n) is 5.24. The molecule has 0 aliphatic heterocycles. The van der Waals surface area contributed by atoms with Crippen molar-refractivity contribution in [3.63, 3.8) is 0 Å². The fourth-order valence-electron chi connectivity index (χ4n) is 1.45. The predicted molar refractivity (Wildman–Crippen MR) is 63.9 cm³/mol. The molecule has 0 unspecified atom stereocenters. The second-order valence-corrected chi connectivity index (χ2v) is 4.17. The zero-order chi connectivity index (χ0) is 14.0. The monoisotopic (exact) mass is 285 g/mol. The summed E-state index contributed by atoms with van der Waals surface area (Å²) in [7, 11) is 0. The summed E-state index contributed by atoms with van der Waals surface area (Å²) >= 11 is 5.64. The van der Waals surface area contributed by atoms with Crippen LogP contribution in [-0.4, -0.2) is 21.2 Å². The smallest absolute Gasteiger partial charge is 0.305 e. The Labute approximate surface area is 112 Å². The zero-order valence-electron chi connectivity index (χ0n) is 9.51. The number of hydrogen-bond donors (Lipinski definition) is 2. The number of rotatable bonds is 4. The summed E-state index contributed by atoms with van der Waals surface area (Å²) in [6, 6.07) is 3.41. The number of aromatic nitrogens is 2. The quantitative estimate of drug-likeness (QED) is 0.891. The van der Waals surface area contributed by atoms with E-state index in [4.69, 9.17) is 27.0 Å². The van der Waals surface area contributed by atoms with E-state index in [-0.39, 0.29) is 28.7 Å². The molecule has 1 aromatic heterocycles. The third-order valence-electron chi connectivity index (χ3n) is 2.35. The van der Waals surface area contributed by atoms with Gasteiger partial charge in [0.2, 0.25) is 11.7 Å². The number of aliphatic carboxylic acids is 1. The number of carboxylic acid groups (broad SMARTS) is 1. The Morgan fingerprint density at radius 1 is 1.58 bits per heavy atom. The Kier molecular flexibility index (Phi) is 3.77. The first-order chi connectivity index (χ1) is 8.99. The minimum Gasteiger partial charge on any atom is -0.481 e. The van der Waals surface area contributed by atoms with Gasteiger partial charge in [0.1, 0.15) is 0 Å². The molecule has 2 aromatic rings. The van der Waals surface area contributed by atoms with Crippen LogP contribution in [0.25, 0.3) is 11.4 Å². The number of nitrogens with zero attached hydrogens (tertiary/aromatic N) is 2. The van der Waals surface area contributed by atoms with E-state index >= 15 is 0 Å². The van der Waals surface area contributed by atoms with Gasteiger partial charge >= 0.3 is 5.97 Å². The molecule has 1 heterocycles. The lowest BCUT2D eigenvalue weighted by Gasteiger charge is -2.01. The Morgan fingerprint density at radius 2 is 2.32 bits per heavy atom. The number of carboxylic acids is 1. The third-order valence-corrected chi connectivity index (χ3v) is 2.64. The summed E-state index contributed by atoms with van der Waals surface area (Å²) in [5.74, 6) is -1.88. The molecule has 0 spiro atoms. The van der Waals surface area contributed by atoms with Crippen molar-refractivity contribution < 1.29 is 18.8 Å². The summed E-state index contributed by atoms with van der Waals surface area (Å²) in [5, 5.41) is 12.1. The predicted octanol–water partition coefficient (Wildman–Crippen LogP) is 2.00. The van der Waals surface area contributed by atoms with Gasteiger partial charge < -0.3 is 15.4 Å². The van der Waals surface area contributed by atoms with Gasteiger partial charge in [-0.15, -0.1) is 0 Å². The summed E-state index contributed by atoms with van der Waals surface area (Å²) < 4.78 is 18.5. The number of halogens is 2. The van der Waals surface area contributed by atoms with Crippen LogP contribution in [0.15, 0.2) is 22.7 Å². The summed E-state index contributed by atoms with van der Waals surface area (Å²) in [6.45, 7) is 0. The second kappa shape index (κ2) is 5.33. The second-order valence-electron chi connectivity index (χ2n) is 3.76. The summed E-state index contributed by atoms with van der Waals surface area (Å²) in [5.41, 5.74) is 5.62. The van der Waals surface area contributed by atoms with E-state index in [1.165, 1.54) is 18.2 Å². The van der Waals surface area contributed by atoms with E-state index in [1.807, 2.05) is 0 Å². The molecule has 0 amide bonds. The SMILES string of the molecule is N[C@@H](CC(=O)O)c1nc(-c2cccc(Cl)c2F)no1. The molecule has 0 aliphatic rings. The summed E-state index contributed by atoms with van der Waals surface area (Å²) in [4.78, 5) is 14.4. The number of nitrogens with two attached hydrogens (primary N) is 1. The molecule has 8 heteroatoms. The molecule has 2 rings (SSSR count). The van der Waals surface area contributed by atoms with E-state index in [2.05, 4.69) is 10.1 Å². The molecule has 0 aliphatic carbocycles. The molecule has 1 atom stereocenters. The topological polar surface area (TPSA) is 102 Å². The standard InChI is InChI=1S/C11H9ClFN3O3/c12-6-3-1-2-5(9(6)13)10-15-11(19-16-10)7(14)4-8(17)18/h1-3,7H,4,14H2,(H,17,18)/t7-/m0/s1. The van der Waals surface area contributed by atoms with Crippen molar-refractivity contribution in [1.29, 1.82) is 0 Å². The third kappa shape index (κ3) is 2.88. The minimum atomic E-state index is -1.10. The van der Waals surface area contributed by atoms with Crippen LogP contribution in [-0.2, 0) is 4.79 Å². The van der Waals surface area contributed by atoms with Gasteiger partial charge in [0, 0.05) is 0 Å². The highest BCUT2D eigenvalue weighted by Gasteiger charge is 2.20. The van der Waals surface area contributed by atoms with E-state index in [1.54, 1.807) is 0 Å².